The maximum Gasteiger partial charge on any atom is 0.0395 e. The van der Waals surface area contributed by atoms with Crippen LogP contribution in [0.4, 0.5) is 0 Å². The fourth-order valence-electron chi connectivity index (χ4n) is 1.26. The number of alkyl halides is 1. The summed E-state index contributed by atoms with van der Waals surface area (Å²) in [5.41, 5.74) is 0.352. The number of rotatable bonds is 1. The van der Waals surface area contributed by atoms with E-state index in [9.17, 15) is 0 Å². The molecule has 0 heterocycles. The van der Waals surface area contributed by atoms with Crippen LogP contribution in [0.3, 0.4) is 0 Å². The summed E-state index contributed by atoms with van der Waals surface area (Å²) in [7, 11) is 0. The van der Waals surface area contributed by atoms with E-state index >= 15 is 0 Å². The summed E-state index contributed by atoms with van der Waals surface area (Å²) >= 11 is 6.02. The summed E-state index contributed by atoms with van der Waals surface area (Å²) in [6.07, 6.45) is 1.06. The third-order valence-corrected chi connectivity index (χ3v) is 1.08. The van der Waals surface area contributed by atoms with Crippen molar-refractivity contribution in [3.63, 3.8) is 0 Å². The zero-order valence-electron chi connectivity index (χ0n) is 9.22. The molecule has 0 aliphatic heterocycles. The Morgan fingerprint density at radius 1 is 0.786 bits per heavy atom. The molecule has 0 aromatic heterocycles. The molecule has 0 unspecified atom stereocenters. The van der Waals surface area contributed by atoms with Crippen LogP contribution in [0.15, 0.2) is 0 Å². The van der Waals surface area contributed by atoms with Crippen molar-refractivity contribution >= 4 is 61.2 Å². The van der Waals surface area contributed by atoms with E-state index in [4.69, 9.17) is 11.6 Å². The summed E-state index contributed by atoms with van der Waals surface area (Å²) in [5, 5.41) is 0. The van der Waals surface area contributed by atoms with Gasteiger partial charge in [-0.25, -0.2) is 0 Å². The Morgan fingerprint density at radius 3 is 1.00 bits per heavy atom. The molecule has 92 valence electrons. The standard InChI is InChI=1S/C8H17Cl.4ClH.Ti/c1-7(2,3)6-8(4,5)9;;;;;/h6H2,1-5H3;4*1H;. The van der Waals surface area contributed by atoms with Gasteiger partial charge in [-0.1, -0.05) is 20.8 Å². The fraction of sp³-hybridized carbons (Fsp3) is 1.00. The Balaban J connectivity index is -0.0000000320. The summed E-state index contributed by atoms with van der Waals surface area (Å²) in [6.45, 7) is 10.7. The third kappa shape index (κ3) is 36.8. The number of hydrogen-bond acceptors (Lipinski definition) is 0. The second-order valence-electron chi connectivity index (χ2n) is 4.46. The van der Waals surface area contributed by atoms with Crippen molar-refractivity contribution in [2.75, 3.05) is 0 Å². The first-order chi connectivity index (χ1) is 3.71. The second-order valence-corrected chi connectivity index (χ2v) is 5.48. The van der Waals surface area contributed by atoms with E-state index < -0.39 is 0 Å². The molecule has 14 heavy (non-hydrogen) atoms. The van der Waals surface area contributed by atoms with Crippen molar-refractivity contribution in [3.05, 3.63) is 0 Å². The van der Waals surface area contributed by atoms with Gasteiger partial charge in [-0.15, -0.1) is 61.2 Å². The van der Waals surface area contributed by atoms with Crippen molar-refractivity contribution < 1.29 is 21.7 Å². The van der Waals surface area contributed by atoms with E-state index in [1.54, 1.807) is 0 Å². The van der Waals surface area contributed by atoms with E-state index in [0.717, 1.165) is 6.42 Å². The molecule has 0 rings (SSSR count). The number of hydrogen-bond donors (Lipinski definition) is 0. The van der Waals surface area contributed by atoms with E-state index in [2.05, 4.69) is 34.6 Å². The average molecular weight is 342 g/mol. The first kappa shape index (κ1) is 36.0. The maximum atomic E-state index is 6.02. The molecule has 0 nitrogen and oxygen atoms in total. The molecule has 0 bridgehead atoms. The molecular weight excluding hydrogens is 321 g/mol. The normalized spacial score (nSPS) is 9.00. The molecule has 0 aromatic carbocycles. The van der Waals surface area contributed by atoms with E-state index in [0.29, 0.717) is 5.41 Å². The van der Waals surface area contributed by atoms with Crippen molar-refractivity contribution in [3.8, 4) is 0 Å². The van der Waals surface area contributed by atoms with Crippen molar-refractivity contribution in [1.82, 2.24) is 0 Å². The predicted octanol–water partition coefficient (Wildman–Crippen LogP) is 5.12. The van der Waals surface area contributed by atoms with Crippen LogP contribution in [0.1, 0.15) is 41.0 Å². The summed E-state index contributed by atoms with van der Waals surface area (Å²) in [6, 6.07) is 0. The molecular formula is C8H21Cl5Ti. The third-order valence-electron chi connectivity index (χ3n) is 0.951. The zero-order chi connectivity index (χ0) is 7.71. The van der Waals surface area contributed by atoms with Gasteiger partial charge in [-0.3, -0.25) is 0 Å². The van der Waals surface area contributed by atoms with E-state index in [-0.39, 0.29) is 76.2 Å². The van der Waals surface area contributed by atoms with Gasteiger partial charge in [0.05, 0.1) is 0 Å². The predicted molar refractivity (Wildman–Crippen MR) is 73.0 cm³/mol. The topological polar surface area (TPSA) is 0 Å². The van der Waals surface area contributed by atoms with Crippen LogP contribution in [-0.4, -0.2) is 4.87 Å². The smallest absolute Gasteiger partial charge is 0.0395 e. The van der Waals surface area contributed by atoms with Gasteiger partial charge < -0.3 is 0 Å². The van der Waals surface area contributed by atoms with Crippen LogP contribution in [0.2, 0.25) is 0 Å². The Bertz CT molecular complexity index is 82.9. The minimum absolute atomic E-state index is 0. The molecule has 0 radical (unpaired) electrons. The Labute approximate surface area is 133 Å². The van der Waals surface area contributed by atoms with Crippen molar-refractivity contribution in [2.45, 2.75) is 45.9 Å². The molecule has 0 N–H and O–H groups in total. The average Bonchev–Trinajstić information content (AvgIpc) is 1.14. The number of halogens is 5. The molecule has 0 aromatic rings. The molecule has 0 saturated heterocycles. The minimum atomic E-state index is -0.0434. The van der Waals surface area contributed by atoms with Gasteiger partial charge in [-0.2, -0.15) is 0 Å². The summed E-state index contributed by atoms with van der Waals surface area (Å²) < 4.78 is 0. The monoisotopic (exact) mass is 340 g/mol. The van der Waals surface area contributed by atoms with E-state index in [1.807, 2.05) is 0 Å². The first-order valence-corrected chi connectivity index (χ1v) is 3.77. The van der Waals surface area contributed by atoms with Gasteiger partial charge in [0.1, 0.15) is 0 Å². The van der Waals surface area contributed by atoms with Gasteiger partial charge in [0.15, 0.2) is 0 Å². The Morgan fingerprint density at radius 2 is 1.00 bits per heavy atom. The van der Waals surface area contributed by atoms with Crippen LogP contribution >= 0.6 is 61.2 Å². The molecule has 0 spiro atoms. The quantitative estimate of drug-likeness (QED) is 0.458. The largest absolute Gasteiger partial charge is 0.147 e. The molecule has 0 atom stereocenters. The van der Waals surface area contributed by atoms with Crippen molar-refractivity contribution in [1.29, 1.82) is 0 Å². The van der Waals surface area contributed by atoms with Gasteiger partial charge in [-0.05, 0) is 25.7 Å². The Kier molecular flexibility index (Phi) is 34.0. The maximum absolute atomic E-state index is 6.02. The van der Waals surface area contributed by atoms with E-state index in [1.165, 1.54) is 0 Å². The molecule has 0 saturated carbocycles. The molecule has 0 aliphatic rings. The summed E-state index contributed by atoms with van der Waals surface area (Å²) in [5.74, 6) is 0. The van der Waals surface area contributed by atoms with Crippen LogP contribution in [0.5, 0.6) is 0 Å². The SMILES string of the molecule is CC(C)(C)CC(C)(C)Cl.Cl.Cl.Cl.Cl.[Ti]. The van der Waals surface area contributed by atoms with Crippen LogP contribution < -0.4 is 0 Å². The Hall–Kier alpha value is 2.16. The van der Waals surface area contributed by atoms with Crippen LogP contribution in [0, 0.1) is 5.41 Å². The molecule has 0 aliphatic carbocycles. The van der Waals surface area contributed by atoms with Gasteiger partial charge >= 0.3 is 0 Å². The van der Waals surface area contributed by atoms with Gasteiger partial charge in [0, 0.05) is 26.6 Å². The summed E-state index contributed by atoms with van der Waals surface area (Å²) in [4.78, 5) is -0.0434. The minimum Gasteiger partial charge on any atom is -0.147 e. The molecule has 6 heteroatoms. The van der Waals surface area contributed by atoms with Gasteiger partial charge in [0.25, 0.3) is 0 Å². The molecule has 0 fully saturated rings. The second kappa shape index (κ2) is 13.2. The van der Waals surface area contributed by atoms with Crippen molar-refractivity contribution in [2.24, 2.45) is 5.41 Å². The molecule has 0 amide bonds. The van der Waals surface area contributed by atoms with Crippen LogP contribution in [-0.2, 0) is 21.7 Å². The fourth-order valence-corrected chi connectivity index (χ4v) is 1.66. The van der Waals surface area contributed by atoms with Crippen LogP contribution in [0.25, 0.3) is 0 Å². The van der Waals surface area contributed by atoms with Gasteiger partial charge in [0.2, 0.25) is 0 Å². The zero-order valence-corrected chi connectivity index (χ0v) is 14.8. The first-order valence-electron chi connectivity index (χ1n) is 3.40.